The molecule has 1 aliphatic heterocycles. The maximum absolute atomic E-state index is 14.3. The number of aromatic nitrogens is 2. The Balaban J connectivity index is 1.40. The molecular weight excluding hydrogens is 433 g/mol. The Kier molecular flexibility index (Phi) is 5.03. The number of rotatable bonds is 5. The summed E-state index contributed by atoms with van der Waals surface area (Å²) in [6, 6.07) is 15.3. The van der Waals surface area contributed by atoms with Crippen molar-refractivity contribution in [3.8, 4) is 22.5 Å². The number of aromatic carboxylic acids is 1. The van der Waals surface area contributed by atoms with Crippen molar-refractivity contribution in [1.82, 2.24) is 15.0 Å². The van der Waals surface area contributed by atoms with Crippen molar-refractivity contribution in [3.05, 3.63) is 94.2 Å². The number of carboxylic acids is 1. The summed E-state index contributed by atoms with van der Waals surface area (Å²) in [5.41, 5.74) is 3.38. The monoisotopic (exact) mass is 449 g/mol. The van der Waals surface area contributed by atoms with Gasteiger partial charge in [0.2, 0.25) is 0 Å². The van der Waals surface area contributed by atoms with E-state index in [1.54, 1.807) is 42.6 Å². The van der Waals surface area contributed by atoms with Crippen LogP contribution < -0.4 is 0 Å². The molecule has 0 fully saturated rings. The highest BCUT2D eigenvalue weighted by atomic mass is 35.5. The quantitative estimate of drug-likeness (QED) is 0.401. The molecule has 1 aliphatic rings. The van der Waals surface area contributed by atoms with E-state index in [-0.39, 0.29) is 16.8 Å². The second-order valence-electron chi connectivity index (χ2n) is 7.46. The van der Waals surface area contributed by atoms with E-state index >= 15 is 0 Å². The number of nitrogens with zero attached hydrogens (tertiary/aromatic N) is 2. The lowest BCUT2D eigenvalue weighted by atomic mass is 10.0. The molecule has 5 rings (SSSR count). The van der Waals surface area contributed by atoms with Crippen LogP contribution in [0.4, 0.5) is 4.39 Å². The molecular formula is C24H17ClFN3O3. The number of halogens is 2. The fraction of sp³-hybridized carbons (Fsp3) is 0.0833. The Morgan fingerprint density at radius 2 is 2.00 bits per heavy atom. The van der Waals surface area contributed by atoms with Gasteiger partial charge in [-0.3, -0.25) is 0 Å². The largest absolute Gasteiger partial charge is 0.478 e. The van der Waals surface area contributed by atoms with Gasteiger partial charge in [-0.05, 0) is 30.3 Å². The number of hydrogen-bond donors (Lipinski definition) is 2. The van der Waals surface area contributed by atoms with Gasteiger partial charge in [-0.2, -0.15) is 0 Å². The zero-order valence-corrected chi connectivity index (χ0v) is 17.4. The van der Waals surface area contributed by atoms with E-state index in [1.807, 2.05) is 23.1 Å². The van der Waals surface area contributed by atoms with Gasteiger partial charge in [0.25, 0.3) is 0 Å². The molecule has 4 aromatic rings. The number of H-pyrrole nitrogens is 1. The number of carbonyl (C=O) groups is 1. The van der Waals surface area contributed by atoms with Gasteiger partial charge in [-0.1, -0.05) is 41.0 Å². The summed E-state index contributed by atoms with van der Waals surface area (Å²) in [7, 11) is 0. The van der Waals surface area contributed by atoms with Crippen molar-refractivity contribution >= 4 is 23.6 Å². The summed E-state index contributed by atoms with van der Waals surface area (Å²) in [6.07, 6.45) is 3.53. The van der Waals surface area contributed by atoms with E-state index in [1.165, 1.54) is 6.07 Å². The van der Waals surface area contributed by atoms with Crippen LogP contribution in [0.5, 0.6) is 0 Å². The SMILES string of the molecule is O=C(O)c1c(-c2ccccc2F)[nH]c2c1C=CN(Cc1cc(-c3ccc(Cl)cc3)no1)C2. The molecule has 0 radical (unpaired) electrons. The van der Waals surface area contributed by atoms with Gasteiger partial charge in [-0.15, -0.1) is 0 Å². The normalized spacial score (nSPS) is 12.8. The Morgan fingerprint density at radius 3 is 2.75 bits per heavy atom. The van der Waals surface area contributed by atoms with E-state index in [0.29, 0.717) is 40.8 Å². The van der Waals surface area contributed by atoms with Crippen LogP contribution in [0.1, 0.15) is 27.4 Å². The molecule has 0 saturated heterocycles. The van der Waals surface area contributed by atoms with E-state index in [0.717, 1.165) is 5.56 Å². The van der Waals surface area contributed by atoms with Crippen LogP contribution in [-0.2, 0) is 13.1 Å². The van der Waals surface area contributed by atoms with Crippen LogP contribution in [0.3, 0.4) is 0 Å². The first-order valence-corrected chi connectivity index (χ1v) is 10.2. The molecule has 2 aromatic heterocycles. The maximum atomic E-state index is 14.3. The highest BCUT2D eigenvalue weighted by Crippen LogP contribution is 2.34. The molecule has 0 aliphatic carbocycles. The highest BCUT2D eigenvalue weighted by Gasteiger charge is 2.26. The van der Waals surface area contributed by atoms with E-state index in [9.17, 15) is 14.3 Å². The molecule has 2 aromatic carbocycles. The molecule has 6 nitrogen and oxygen atoms in total. The molecule has 0 bridgehead atoms. The fourth-order valence-electron chi connectivity index (χ4n) is 3.85. The summed E-state index contributed by atoms with van der Waals surface area (Å²) in [5, 5.41) is 14.5. The minimum atomic E-state index is -1.11. The van der Waals surface area contributed by atoms with Crippen LogP contribution in [0, 0.1) is 5.82 Å². The lowest BCUT2D eigenvalue weighted by molar-refractivity contribution is 0.0697. The Morgan fingerprint density at radius 1 is 1.22 bits per heavy atom. The number of aromatic amines is 1. The number of carboxylic acid groups (broad SMARTS) is 1. The summed E-state index contributed by atoms with van der Waals surface area (Å²) in [4.78, 5) is 17.0. The van der Waals surface area contributed by atoms with E-state index in [2.05, 4.69) is 10.1 Å². The van der Waals surface area contributed by atoms with Crippen molar-refractivity contribution in [1.29, 1.82) is 0 Å². The van der Waals surface area contributed by atoms with E-state index < -0.39 is 11.8 Å². The summed E-state index contributed by atoms with van der Waals surface area (Å²) < 4.78 is 19.8. The minimum absolute atomic E-state index is 0.0608. The Hall–Kier alpha value is -3.84. The average Bonchev–Trinajstić information content (AvgIpc) is 3.39. The van der Waals surface area contributed by atoms with Crippen LogP contribution in [0.25, 0.3) is 28.6 Å². The van der Waals surface area contributed by atoms with Gasteiger partial charge in [0, 0.05) is 39.7 Å². The van der Waals surface area contributed by atoms with Gasteiger partial charge in [-0.25, -0.2) is 9.18 Å². The number of fused-ring (bicyclic) bond motifs is 1. The topological polar surface area (TPSA) is 82.4 Å². The summed E-state index contributed by atoms with van der Waals surface area (Å²) >= 11 is 5.94. The van der Waals surface area contributed by atoms with Gasteiger partial charge in [0.1, 0.15) is 11.5 Å². The van der Waals surface area contributed by atoms with Crippen molar-refractivity contribution in [2.75, 3.05) is 0 Å². The molecule has 0 saturated carbocycles. The van der Waals surface area contributed by atoms with Crippen LogP contribution in [0.15, 0.2) is 65.3 Å². The lowest BCUT2D eigenvalue weighted by Gasteiger charge is -2.22. The van der Waals surface area contributed by atoms with Gasteiger partial charge in [0.15, 0.2) is 5.76 Å². The number of benzene rings is 2. The van der Waals surface area contributed by atoms with Gasteiger partial charge >= 0.3 is 5.97 Å². The standard InChI is InChI=1S/C24H17ClFN3O3/c25-15-7-5-14(6-8-15)20-11-16(32-28-20)12-29-10-9-18-21(13-29)27-23(22(18)24(30)31)17-3-1-2-4-19(17)26/h1-11,27H,12-13H2,(H,30,31). The number of hydrogen-bond acceptors (Lipinski definition) is 4. The van der Waals surface area contributed by atoms with Crippen molar-refractivity contribution in [2.24, 2.45) is 0 Å². The fourth-order valence-corrected chi connectivity index (χ4v) is 3.98. The predicted octanol–water partition coefficient (Wildman–Crippen LogP) is 5.81. The third kappa shape index (κ3) is 3.67. The minimum Gasteiger partial charge on any atom is -0.478 e. The molecule has 2 N–H and O–H groups in total. The van der Waals surface area contributed by atoms with Gasteiger partial charge in [0.05, 0.1) is 24.3 Å². The highest BCUT2D eigenvalue weighted by molar-refractivity contribution is 6.30. The zero-order valence-electron chi connectivity index (χ0n) is 16.7. The number of nitrogens with one attached hydrogen (secondary N) is 1. The summed E-state index contributed by atoms with van der Waals surface area (Å²) in [5.74, 6) is -0.935. The Bertz CT molecular complexity index is 1340. The lowest BCUT2D eigenvalue weighted by Crippen LogP contribution is -2.19. The third-order valence-electron chi connectivity index (χ3n) is 5.35. The predicted molar refractivity (Wildman–Crippen MR) is 118 cm³/mol. The Labute approximate surface area is 187 Å². The maximum Gasteiger partial charge on any atom is 0.338 e. The van der Waals surface area contributed by atoms with Crippen molar-refractivity contribution < 1.29 is 18.8 Å². The van der Waals surface area contributed by atoms with E-state index in [4.69, 9.17) is 16.1 Å². The second kappa shape index (κ2) is 8.01. The second-order valence-corrected chi connectivity index (χ2v) is 7.89. The molecule has 0 unspecified atom stereocenters. The summed E-state index contributed by atoms with van der Waals surface area (Å²) in [6.45, 7) is 0.852. The van der Waals surface area contributed by atoms with Crippen LogP contribution in [-0.4, -0.2) is 26.1 Å². The average molecular weight is 450 g/mol. The smallest absolute Gasteiger partial charge is 0.338 e. The first-order valence-electron chi connectivity index (χ1n) is 9.86. The van der Waals surface area contributed by atoms with Crippen molar-refractivity contribution in [2.45, 2.75) is 13.1 Å². The molecule has 0 spiro atoms. The van der Waals surface area contributed by atoms with Crippen molar-refractivity contribution in [3.63, 3.8) is 0 Å². The molecule has 3 heterocycles. The molecule has 32 heavy (non-hydrogen) atoms. The van der Waals surface area contributed by atoms with Crippen LogP contribution in [0.2, 0.25) is 5.02 Å². The first-order chi connectivity index (χ1) is 15.5. The first kappa shape index (κ1) is 20.1. The van der Waals surface area contributed by atoms with Crippen LogP contribution >= 0.6 is 11.6 Å². The molecule has 8 heteroatoms. The molecule has 160 valence electrons. The zero-order chi connectivity index (χ0) is 22.2. The third-order valence-corrected chi connectivity index (χ3v) is 5.60. The molecule has 0 amide bonds. The van der Waals surface area contributed by atoms with Gasteiger partial charge < -0.3 is 19.5 Å². The molecule has 0 atom stereocenters.